The Labute approximate surface area is 93.0 Å². The van der Waals surface area contributed by atoms with Gasteiger partial charge in [0.1, 0.15) is 0 Å². The lowest BCUT2D eigenvalue weighted by molar-refractivity contribution is 0.141. The van der Waals surface area contributed by atoms with Gasteiger partial charge in [0.15, 0.2) is 0 Å². The summed E-state index contributed by atoms with van der Waals surface area (Å²) in [4.78, 5) is 0. The zero-order valence-corrected chi connectivity index (χ0v) is 9.49. The second-order valence-electron chi connectivity index (χ2n) is 4.25. The van der Waals surface area contributed by atoms with Gasteiger partial charge in [-0.2, -0.15) is 0 Å². The fraction of sp³-hybridized carbons (Fsp3) is 0.692. The van der Waals surface area contributed by atoms with E-state index in [4.69, 9.17) is 9.47 Å². The van der Waals surface area contributed by atoms with Gasteiger partial charge >= 0.3 is 0 Å². The van der Waals surface area contributed by atoms with E-state index in [1.165, 1.54) is 32.1 Å². The smallest absolute Gasteiger partial charge is 0.0901 e. The Morgan fingerprint density at radius 2 is 1.40 bits per heavy atom. The molecule has 1 saturated carbocycles. The zero-order chi connectivity index (χ0) is 10.9. The van der Waals surface area contributed by atoms with E-state index in [0.717, 1.165) is 13.2 Å². The summed E-state index contributed by atoms with van der Waals surface area (Å²) in [6.07, 6.45) is 9.48. The molecule has 2 unspecified atom stereocenters. The van der Waals surface area contributed by atoms with Gasteiger partial charge in [-0.15, -0.1) is 0 Å². The van der Waals surface area contributed by atoms with Crippen molar-refractivity contribution in [2.75, 3.05) is 13.2 Å². The molecular formula is C13H22O2. The zero-order valence-electron chi connectivity index (χ0n) is 9.49. The van der Waals surface area contributed by atoms with Crippen molar-refractivity contribution in [1.29, 1.82) is 0 Å². The average molecular weight is 210 g/mol. The molecule has 15 heavy (non-hydrogen) atoms. The molecule has 0 aromatic carbocycles. The maximum Gasteiger partial charge on any atom is 0.0901 e. The third kappa shape index (κ3) is 4.91. The van der Waals surface area contributed by atoms with Gasteiger partial charge in [-0.05, 0) is 31.1 Å². The number of hydrogen-bond donors (Lipinski definition) is 0. The number of ether oxygens (including phenoxy) is 2. The Balaban J connectivity index is 2.31. The standard InChI is InChI=1S/C13H22O2/c1-3-14-10-12-7-5-6-8-13(9-12)11-15-4-2/h3-4,12-13H,1-2,5-11H2. The summed E-state index contributed by atoms with van der Waals surface area (Å²) < 4.78 is 10.6. The molecule has 0 radical (unpaired) electrons. The molecule has 86 valence electrons. The molecule has 0 bridgehead atoms. The first kappa shape index (κ1) is 12.2. The molecule has 0 amide bonds. The van der Waals surface area contributed by atoms with E-state index in [1.54, 1.807) is 12.5 Å². The van der Waals surface area contributed by atoms with Crippen LogP contribution < -0.4 is 0 Å². The molecule has 2 atom stereocenters. The van der Waals surface area contributed by atoms with E-state index in [-0.39, 0.29) is 0 Å². The summed E-state index contributed by atoms with van der Waals surface area (Å²) >= 11 is 0. The number of hydrogen-bond acceptors (Lipinski definition) is 2. The second-order valence-corrected chi connectivity index (χ2v) is 4.25. The van der Waals surface area contributed by atoms with Crippen LogP contribution in [0, 0.1) is 11.8 Å². The van der Waals surface area contributed by atoms with Gasteiger partial charge in [-0.1, -0.05) is 26.0 Å². The molecule has 1 aliphatic rings. The summed E-state index contributed by atoms with van der Waals surface area (Å²) in [7, 11) is 0. The first-order valence-electron chi connectivity index (χ1n) is 5.81. The molecule has 0 N–H and O–H groups in total. The van der Waals surface area contributed by atoms with Crippen LogP contribution in [0.5, 0.6) is 0 Å². The van der Waals surface area contributed by atoms with E-state index < -0.39 is 0 Å². The van der Waals surface area contributed by atoms with Crippen molar-refractivity contribution in [2.45, 2.75) is 32.1 Å². The minimum atomic E-state index is 0.670. The Morgan fingerprint density at radius 1 is 0.933 bits per heavy atom. The van der Waals surface area contributed by atoms with Crippen LogP contribution in [-0.4, -0.2) is 13.2 Å². The topological polar surface area (TPSA) is 18.5 Å². The lowest BCUT2D eigenvalue weighted by atomic mass is 9.94. The Kier molecular flexibility index (Phi) is 5.98. The van der Waals surface area contributed by atoms with Gasteiger partial charge in [-0.25, -0.2) is 0 Å². The van der Waals surface area contributed by atoms with Crippen molar-refractivity contribution in [3.63, 3.8) is 0 Å². The molecule has 1 fully saturated rings. The highest BCUT2D eigenvalue weighted by Crippen LogP contribution is 2.28. The Morgan fingerprint density at radius 3 is 1.80 bits per heavy atom. The maximum absolute atomic E-state index is 5.28. The van der Waals surface area contributed by atoms with Crippen LogP contribution in [0.25, 0.3) is 0 Å². The molecule has 0 aromatic rings. The van der Waals surface area contributed by atoms with Gasteiger partial charge in [0.2, 0.25) is 0 Å². The molecule has 0 aromatic heterocycles. The molecular weight excluding hydrogens is 188 g/mol. The summed E-state index contributed by atoms with van der Waals surface area (Å²) in [6.45, 7) is 8.78. The van der Waals surface area contributed by atoms with Crippen molar-refractivity contribution in [1.82, 2.24) is 0 Å². The summed E-state index contributed by atoms with van der Waals surface area (Å²) in [6, 6.07) is 0. The van der Waals surface area contributed by atoms with Crippen molar-refractivity contribution in [3.8, 4) is 0 Å². The van der Waals surface area contributed by atoms with E-state index in [0.29, 0.717) is 11.8 Å². The monoisotopic (exact) mass is 210 g/mol. The maximum atomic E-state index is 5.28. The number of rotatable bonds is 6. The van der Waals surface area contributed by atoms with Crippen molar-refractivity contribution >= 4 is 0 Å². The predicted octanol–water partition coefficient (Wildman–Crippen LogP) is 3.50. The minimum Gasteiger partial charge on any atom is -0.502 e. The van der Waals surface area contributed by atoms with Crippen molar-refractivity contribution in [2.24, 2.45) is 11.8 Å². The Bertz CT molecular complexity index is 169. The highest BCUT2D eigenvalue weighted by atomic mass is 16.5. The fourth-order valence-corrected chi connectivity index (χ4v) is 2.28. The lowest BCUT2D eigenvalue weighted by Crippen LogP contribution is -2.14. The Hall–Kier alpha value is -0.920. The van der Waals surface area contributed by atoms with E-state index >= 15 is 0 Å². The highest BCUT2D eigenvalue weighted by molar-refractivity contribution is 4.72. The summed E-state index contributed by atoms with van der Waals surface area (Å²) in [5.41, 5.74) is 0. The average Bonchev–Trinajstić information content (AvgIpc) is 2.48. The van der Waals surface area contributed by atoms with Crippen molar-refractivity contribution in [3.05, 3.63) is 25.7 Å². The molecule has 0 spiro atoms. The van der Waals surface area contributed by atoms with Gasteiger partial charge in [-0.3, -0.25) is 0 Å². The summed E-state index contributed by atoms with van der Waals surface area (Å²) in [5, 5.41) is 0. The van der Waals surface area contributed by atoms with Gasteiger partial charge in [0, 0.05) is 0 Å². The normalized spacial score (nSPS) is 26.4. The lowest BCUT2D eigenvalue weighted by Gasteiger charge is -2.18. The minimum absolute atomic E-state index is 0.670. The first-order chi connectivity index (χ1) is 7.36. The summed E-state index contributed by atoms with van der Waals surface area (Å²) in [5.74, 6) is 1.34. The van der Waals surface area contributed by atoms with E-state index in [1.807, 2.05) is 0 Å². The quantitative estimate of drug-likeness (QED) is 0.493. The van der Waals surface area contributed by atoms with Gasteiger partial charge < -0.3 is 9.47 Å². The fourth-order valence-electron chi connectivity index (χ4n) is 2.28. The molecule has 2 heteroatoms. The van der Waals surface area contributed by atoms with Crippen molar-refractivity contribution < 1.29 is 9.47 Å². The molecule has 2 nitrogen and oxygen atoms in total. The first-order valence-corrected chi connectivity index (χ1v) is 5.81. The largest absolute Gasteiger partial charge is 0.502 e. The van der Waals surface area contributed by atoms with Crippen LogP contribution in [0.2, 0.25) is 0 Å². The van der Waals surface area contributed by atoms with Crippen LogP contribution in [0.3, 0.4) is 0 Å². The molecule has 1 rings (SSSR count). The van der Waals surface area contributed by atoms with Crippen LogP contribution in [0.1, 0.15) is 32.1 Å². The SMILES string of the molecule is C=COCC1CCCCC(COC=C)C1. The third-order valence-electron chi connectivity index (χ3n) is 3.04. The molecule has 1 aliphatic carbocycles. The van der Waals surface area contributed by atoms with Gasteiger partial charge in [0.25, 0.3) is 0 Å². The van der Waals surface area contributed by atoms with Crippen LogP contribution in [0.15, 0.2) is 25.7 Å². The van der Waals surface area contributed by atoms with E-state index in [2.05, 4.69) is 13.2 Å². The predicted molar refractivity (Wildman–Crippen MR) is 62.4 cm³/mol. The van der Waals surface area contributed by atoms with Crippen LogP contribution in [0.4, 0.5) is 0 Å². The van der Waals surface area contributed by atoms with Gasteiger partial charge in [0.05, 0.1) is 25.7 Å². The third-order valence-corrected chi connectivity index (χ3v) is 3.04. The van der Waals surface area contributed by atoms with E-state index in [9.17, 15) is 0 Å². The molecule has 0 heterocycles. The van der Waals surface area contributed by atoms with Crippen LogP contribution in [-0.2, 0) is 9.47 Å². The van der Waals surface area contributed by atoms with Crippen LogP contribution >= 0.6 is 0 Å². The molecule has 0 saturated heterocycles. The second kappa shape index (κ2) is 7.38. The molecule has 0 aliphatic heterocycles. The highest BCUT2D eigenvalue weighted by Gasteiger charge is 2.20.